The van der Waals surface area contributed by atoms with E-state index in [1.165, 1.54) is 11.1 Å². The van der Waals surface area contributed by atoms with Gasteiger partial charge in [-0.3, -0.25) is 9.59 Å². The maximum atomic E-state index is 13.8. The molecule has 1 heterocycles. The van der Waals surface area contributed by atoms with Gasteiger partial charge in [-0.25, -0.2) is 0 Å². The molecule has 4 nitrogen and oxygen atoms in total. The summed E-state index contributed by atoms with van der Waals surface area (Å²) >= 11 is 0. The van der Waals surface area contributed by atoms with Gasteiger partial charge in [-0.1, -0.05) is 55.0 Å². The highest BCUT2D eigenvalue weighted by Gasteiger charge is 2.22. The number of anilines is 1. The van der Waals surface area contributed by atoms with E-state index in [-0.39, 0.29) is 17.0 Å². The zero-order valence-corrected chi connectivity index (χ0v) is 20.7. The van der Waals surface area contributed by atoms with Gasteiger partial charge < -0.3 is 9.47 Å². The first-order valence-electron chi connectivity index (χ1n) is 11.9. The maximum absolute atomic E-state index is 13.8. The SMILES string of the molecule is CCc1ccc(N(CC)C(=O)c2cc3ccccc3n(Cc3c(C)cc(C)cc3C)c2=O)cc1. The van der Waals surface area contributed by atoms with E-state index in [1.807, 2.05) is 55.5 Å². The van der Waals surface area contributed by atoms with Gasteiger partial charge in [-0.2, -0.15) is 0 Å². The zero-order chi connectivity index (χ0) is 24.4. The monoisotopic (exact) mass is 452 g/mol. The Hall–Kier alpha value is -3.66. The Bertz CT molecular complexity index is 1390. The highest BCUT2D eigenvalue weighted by atomic mass is 16.2. The number of hydrogen-bond acceptors (Lipinski definition) is 2. The third-order valence-electron chi connectivity index (χ3n) is 6.61. The largest absolute Gasteiger partial charge is 0.308 e. The molecule has 0 unspecified atom stereocenters. The lowest BCUT2D eigenvalue weighted by molar-refractivity contribution is 0.0986. The third-order valence-corrected chi connectivity index (χ3v) is 6.61. The van der Waals surface area contributed by atoms with Gasteiger partial charge in [0.2, 0.25) is 0 Å². The van der Waals surface area contributed by atoms with Gasteiger partial charge in [0, 0.05) is 12.2 Å². The fourth-order valence-corrected chi connectivity index (χ4v) is 4.76. The van der Waals surface area contributed by atoms with Gasteiger partial charge in [0.25, 0.3) is 11.5 Å². The van der Waals surface area contributed by atoms with Crippen LogP contribution in [0.1, 0.15) is 52.0 Å². The molecule has 0 spiro atoms. The van der Waals surface area contributed by atoms with E-state index in [9.17, 15) is 9.59 Å². The van der Waals surface area contributed by atoms with Gasteiger partial charge >= 0.3 is 0 Å². The van der Waals surface area contributed by atoms with Crippen LogP contribution in [0.3, 0.4) is 0 Å². The predicted molar refractivity (Wildman–Crippen MR) is 141 cm³/mol. The minimum atomic E-state index is -0.270. The lowest BCUT2D eigenvalue weighted by Gasteiger charge is -2.22. The second-order valence-electron chi connectivity index (χ2n) is 8.95. The average molecular weight is 453 g/mol. The molecule has 1 amide bonds. The van der Waals surface area contributed by atoms with E-state index in [1.54, 1.807) is 15.5 Å². The summed E-state index contributed by atoms with van der Waals surface area (Å²) in [4.78, 5) is 29.2. The molecular formula is C30H32N2O2. The molecule has 0 aliphatic carbocycles. The van der Waals surface area contributed by atoms with Crippen molar-refractivity contribution in [1.82, 2.24) is 4.57 Å². The number of para-hydroxylation sites is 1. The fourth-order valence-electron chi connectivity index (χ4n) is 4.76. The molecule has 0 N–H and O–H groups in total. The highest BCUT2D eigenvalue weighted by Crippen LogP contribution is 2.22. The lowest BCUT2D eigenvalue weighted by Crippen LogP contribution is -2.37. The number of carbonyl (C=O) groups excluding carboxylic acids is 1. The fraction of sp³-hybridized carbons (Fsp3) is 0.267. The first kappa shape index (κ1) is 23.5. The predicted octanol–water partition coefficient (Wildman–Crippen LogP) is 6.20. The Balaban J connectivity index is 1.85. The smallest absolute Gasteiger partial charge is 0.264 e. The van der Waals surface area contributed by atoms with Crippen molar-refractivity contribution in [2.75, 3.05) is 11.4 Å². The van der Waals surface area contributed by atoms with E-state index < -0.39 is 0 Å². The van der Waals surface area contributed by atoms with Crippen molar-refractivity contribution in [2.24, 2.45) is 0 Å². The van der Waals surface area contributed by atoms with E-state index in [4.69, 9.17) is 0 Å². The van der Waals surface area contributed by atoms with Crippen LogP contribution in [-0.4, -0.2) is 17.0 Å². The third kappa shape index (κ3) is 4.41. The Morgan fingerprint density at radius 3 is 2.15 bits per heavy atom. The van der Waals surface area contributed by atoms with E-state index in [2.05, 4.69) is 39.8 Å². The normalized spacial score (nSPS) is 11.1. The molecule has 0 aliphatic heterocycles. The van der Waals surface area contributed by atoms with Crippen molar-refractivity contribution < 1.29 is 4.79 Å². The van der Waals surface area contributed by atoms with Crippen molar-refractivity contribution in [3.8, 4) is 0 Å². The summed E-state index contributed by atoms with van der Waals surface area (Å²) in [6.45, 7) is 11.2. The molecule has 34 heavy (non-hydrogen) atoms. The molecule has 3 aromatic carbocycles. The van der Waals surface area contributed by atoms with Crippen molar-refractivity contribution in [2.45, 2.75) is 47.6 Å². The summed E-state index contributed by atoms with van der Waals surface area (Å²) < 4.78 is 1.75. The number of amides is 1. The molecule has 174 valence electrons. The van der Waals surface area contributed by atoms with Crippen LogP contribution in [0, 0.1) is 20.8 Å². The molecular weight excluding hydrogens is 420 g/mol. The summed E-state index contributed by atoms with van der Waals surface area (Å²) in [5.41, 5.74) is 7.40. The Morgan fingerprint density at radius 1 is 0.882 bits per heavy atom. The molecule has 0 saturated carbocycles. The topological polar surface area (TPSA) is 42.3 Å². The van der Waals surface area contributed by atoms with Crippen LogP contribution in [0.2, 0.25) is 0 Å². The number of fused-ring (bicyclic) bond motifs is 1. The lowest BCUT2D eigenvalue weighted by atomic mass is 9.99. The molecule has 4 aromatic rings. The second kappa shape index (κ2) is 9.68. The van der Waals surface area contributed by atoms with Crippen LogP contribution < -0.4 is 10.5 Å². The van der Waals surface area contributed by atoms with Crippen LogP contribution in [0.4, 0.5) is 5.69 Å². The summed E-state index contributed by atoms with van der Waals surface area (Å²) in [5.74, 6) is -0.270. The standard InChI is InChI=1S/C30H32N2O2/c1-6-23-12-14-25(15-13-23)31(7-2)29(33)26-18-24-10-8-9-11-28(24)32(30(26)34)19-27-21(4)16-20(3)17-22(27)5/h8-18H,6-7,19H2,1-5H3. The van der Waals surface area contributed by atoms with Gasteiger partial charge in [0.15, 0.2) is 0 Å². The highest BCUT2D eigenvalue weighted by molar-refractivity contribution is 6.07. The van der Waals surface area contributed by atoms with Gasteiger partial charge in [-0.05, 0) is 86.0 Å². The van der Waals surface area contributed by atoms with Crippen LogP contribution in [-0.2, 0) is 13.0 Å². The van der Waals surface area contributed by atoms with Crippen LogP contribution >= 0.6 is 0 Å². The first-order chi connectivity index (χ1) is 16.3. The number of benzene rings is 3. The van der Waals surface area contributed by atoms with Crippen molar-refractivity contribution in [1.29, 1.82) is 0 Å². The van der Waals surface area contributed by atoms with E-state index in [0.29, 0.717) is 13.1 Å². The maximum Gasteiger partial charge on any atom is 0.264 e. The van der Waals surface area contributed by atoms with Gasteiger partial charge in [0.1, 0.15) is 5.56 Å². The van der Waals surface area contributed by atoms with Crippen molar-refractivity contribution in [3.63, 3.8) is 0 Å². The summed E-state index contributed by atoms with van der Waals surface area (Å²) in [5, 5.41) is 0.880. The molecule has 0 fully saturated rings. The first-order valence-corrected chi connectivity index (χ1v) is 11.9. The molecule has 4 rings (SSSR count). The number of aryl methyl sites for hydroxylation is 4. The zero-order valence-electron chi connectivity index (χ0n) is 20.7. The molecule has 1 aromatic heterocycles. The molecule has 0 saturated heterocycles. The van der Waals surface area contributed by atoms with Crippen LogP contribution in [0.25, 0.3) is 10.9 Å². The van der Waals surface area contributed by atoms with E-state index >= 15 is 0 Å². The molecule has 0 radical (unpaired) electrons. The quantitative estimate of drug-likeness (QED) is 0.349. The van der Waals surface area contributed by atoms with Crippen molar-refractivity contribution in [3.05, 3.63) is 110 Å². The Morgan fingerprint density at radius 2 is 1.53 bits per heavy atom. The van der Waals surface area contributed by atoms with E-state index in [0.717, 1.165) is 39.7 Å². The van der Waals surface area contributed by atoms with Gasteiger partial charge in [-0.15, -0.1) is 0 Å². The average Bonchev–Trinajstić information content (AvgIpc) is 2.83. The minimum Gasteiger partial charge on any atom is -0.308 e. The Kier molecular flexibility index (Phi) is 6.69. The van der Waals surface area contributed by atoms with Crippen molar-refractivity contribution >= 4 is 22.5 Å². The van der Waals surface area contributed by atoms with Crippen LogP contribution in [0.15, 0.2) is 71.5 Å². The molecule has 0 aliphatic rings. The number of hydrogen-bond donors (Lipinski definition) is 0. The number of pyridine rings is 1. The summed E-state index contributed by atoms with van der Waals surface area (Å²) in [6.07, 6.45) is 0.938. The minimum absolute atomic E-state index is 0.197. The molecule has 4 heteroatoms. The molecule has 0 bridgehead atoms. The number of aromatic nitrogens is 1. The summed E-state index contributed by atoms with van der Waals surface area (Å²) in [6, 6.07) is 21.8. The summed E-state index contributed by atoms with van der Waals surface area (Å²) in [7, 11) is 0. The number of rotatable bonds is 6. The molecule has 0 atom stereocenters. The Labute approximate surface area is 201 Å². The number of carbonyl (C=O) groups is 1. The second-order valence-corrected chi connectivity index (χ2v) is 8.95. The van der Waals surface area contributed by atoms with Gasteiger partial charge in [0.05, 0.1) is 12.1 Å². The van der Waals surface area contributed by atoms with Crippen LogP contribution in [0.5, 0.6) is 0 Å². The number of nitrogens with zero attached hydrogens (tertiary/aromatic N) is 2.